The number of hydrogen-bond acceptors (Lipinski definition) is 12. The van der Waals surface area contributed by atoms with E-state index in [9.17, 15) is 34.4 Å². The maximum Gasteiger partial charge on any atom is 0.206 e. The van der Waals surface area contributed by atoms with Gasteiger partial charge in [0, 0.05) is 11.4 Å². The van der Waals surface area contributed by atoms with Crippen molar-refractivity contribution >= 4 is 64.2 Å². The normalized spacial score (nSPS) is 11.7. The van der Waals surface area contributed by atoms with Gasteiger partial charge in [0.25, 0.3) is 0 Å². The van der Waals surface area contributed by atoms with Crippen LogP contribution in [0.3, 0.4) is 0 Å². The van der Waals surface area contributed by atoms with Crippen LogP contribution in [0.1, 0.15) is 41.5 Å². The fourth-order valence-corrected chi connectivity index (χ4v) is 7.41. The lowest BCUT2D eigenvalue weighted by atomic mass is 10.2. The van der Waals surface area contributed by atoms with Crippen LogP contribution in [0.25, 0.3) is 0 Å². The highest BCUT2D eigenvalue weighted by molar-refractivity contribution is 7.91. The number of quaternary nitrogens is 2. The second-order valence-corrected chi connectivity index (χ2v) is 16.5. The van der Waals surface area contributed by atoms with Crippen LogP contribution in [0.5, 0.6) is 0 Å². The number of hydrogen-bond donors (Lipinski definition) is 6. The third-order valence-corrected chi connectivity index (χ3v) is 11.9. The van der Waals surface area contributed by atoms with E-state index in [4.69, 9.17) is 11.5 Å². The van der Waals surface area contributed by atoms with E-state index in [0.29, 0.717) is 0 Å². The first kappa shape index (κ1) is 44.9. The molecule has 0 radical (unpaired) electrons. The van der Waals surface area contributed by atoms with Gasteiger partial charge >= 0.3 is 0 Å². The van der Waals surface area contributed by atoms with Crippen LogP contribution in [0.4, 0.5) is 34.1 Å². The van der Waals surface area contributed by atoms with E-state index >= 15 is 0 Å². The summed E-state index contributed by atoms with van der Waals surface area (Å²) in [5.74, 6) is 0. The molecule has 4 aromatic rings. The van der Waals surface area contributed by atoms with Gasteiger partial charge in [-0.3, -0.25) is 0 Å². The molecule has 17 heteroatoms. The van der Waals surface area contributed by atoms with E-state index in [1.807, 2.05) is 0 Å². The molecule has 0 aliphatic carbocycles. The zero-order valence-corrected chi connectivity index (χ0v) is 33.4. The first-order valence-corrected chi connectivity index (χ1v) is 21.5. The van der Waals surface area contributed by atoms with E-state index in [1.165, 1.54) is 99.9 Å². The minimum absolute atomic E-state index is 0.0333. The molecule has 0 heterocycles. The van der Waals surface area contributed by atoms with Gasteiger partial charge in [-0.25, -0.2) is 25.3 Å². The smallest absolute Gasteiger partial charge is 0.206 e. The van der Waals surface area contributed by atoms with Crippen LogP contribution >= 0.6 is 0 Å². The van der Waals surface area contributed by atoms with Gasteiger partial charge in [-0.15, -0.1) is 0 Å². The number of sulfone groups is 1. The van der Waals surface area contributed by atoms with Crippen molar-refractivity contribution in [3.63, 3.8) is 0 Å². The number of nitrogens with one attached hydrogen (secondary N) is 4. The van der Waals surface area contributed by atoms with Gasteiger partial charge in [0.1, 0.15) is 20.2 Å². The largest absolute Gasteiger partial charge is 0.744 e. The quantitative estimate of drug-likeness (QED) is 0.0800. The highest BCUT2D eigenvalue weighted by Gasteiger charge is 2.20. The summed E-state index contributed by atoms with van der Waals surface area (Å²) in [6.07, 6.45) is 0. The summed E-state index contributed by atoms with van der Waals surface area (Å²) in [6, 6.07) is 18.1. The van der Waals surface area contributed by atoms with Crippen molar-refractivity contribution in [1.82, 2.24) is 0 Å². The van der Waals surface area contributed by atoms with Crippen molar-refractivity contribution in [2.24, 2.45) is 0 Å². The SMILES string of the molecule is CC[NH+](CC)CC.CC[NH+](CC)CC.Nc1cc(S(=O)(=O)c2ccc(Nc3cccc(S(=O)(=O)[O-])c3)c(N)c2)ccc1Nc1cccc(S(=O)(=O)[O-])c1. The molecule has 0 bridgehead atoms. The molecule has 0 spiro atoms. The summed E-state index contributed by atoms with van der Waals surface area (Å²) in [5, 5.41) is 5.69. The van der Waals surface area contributed by atoms with E-state index in [2.05, 4.69) is 52.2 Å². The molecule has 53 heavy (non-hydrogen) atoms. The van der Waals surface area contributed by atoms with Crippen LogP contribution in [0.2, 0.25) is 0 Å². The van der Waals surface area contributed by atoms with Gasteiger partial charge in [0.2, 0.25) is 9.84 Å². The van der Waals surface area contributed by atoms with Crippen LogP contribution in [-0.2, 0) is 30.1 Å². The zero-order valence-electron chi connectivity index (χ0n) is 31.0. The average Bonchev–Trinajstić information content (AvgIpc) is 3.11. The van der Waals surface area contributed by atoms with E-state index in [0.717, 1.165) is 24.3 Å². The van der Waals surface area contributed by atoms with Crippen molar-refractivity contribution in [3.05, 3.63) is 84.9 Å². The summed E-state index contributed by atoms with van der Waals surface area (Å²) in [5.41, 5.74) is 13.2. The number of nitrogen functional groups attached to an aromatic ring is 2. The highest BCUT2D eigenvalue weighted by atomic mass is 32.2. The van der Waals surface area contributed by atoms with Crippen molar-refractivity contribution in [3.8, 4) is 0 Å². The van der Waals surface area contributed by atoms with Gasteiger partial charge in [-0.05, 0) is 114 Å². The Balaban J connectivity index is 0.000000587. The van der Waals surface area contributed by atoms with E-state index in [1.54, 1.807) is 9.80 Å². The summed E-state index contributed by atoms with van der Waals surface area (Å²) in [7, 11) is -13.4. The molecule has 0 aromatic heterocycles. The molecule has 4 aromatic carbocycles. The number of benzene rings is 4. The Kier molecular flexibility index (Phi) is 17.2. The average molecular weight is 793 g/mol. The summed E-state index contributed by atoms with van der Waals surface area (Å²) in [4.78, 5) is 2.19. The maximum absolute atomic E-state index is 13.2. The fourth-order valence-electron chi connectivity index (χ4n) is 5.05. The Morgan fingerprint density at radius 1 is 0.491 bits per heavy atom. The maximum atomic E-state index is 13.2. The van der Waals surface area contributed by atoms with Crippen molar-refractivity contribution < 1.29 is 44.2 Å². The molecule has 0 fully saturated rings. The second-order valence-electron chi connectivity index (χ2n) is 11.8. The van der Waals surface area contributed by atoms with Gasteiger partial charge in [-0.1, -0.05) is 12.1 Å². The minimum Gasteiger partial charge on any atom is -0.744 e. The summed E-state index contributed by atoms with van der Waals surface area (Å²) >= 11 is 0. The lowest BCUT2D eigenvalue weighted by molar-refractivity contribution is -0.894. The summed E-state index contributed by atoms with van der Waals surface area (Å²) < 4.78 is 94.0. The Morgan fingerprint density at radius 3 is 1.06 bits per heavy atom. The Bertz CT molecular complexity index is 1970. The second kappa shape index (κ2) is 20.3. The first-order valence-electron chi connectivity index (χ1n) is 17.2. The standard InChI is InChI=1S/C24H22N4O8S3.2C6H15N/c25-21-13-17(7-9-23(21)27-15-3-1-5-19(11-15)38(31,32)33)37(29,30)18-8-10-24(22(26)14-18)28-16-4-2-6-20(12-16)39(34,35)36;2*1-4-7(5-2)6-3/h1-14,27-28H,25-26H2,(H,31,32,33)(H,34,35,36);2*4-6H2,1-3H3. The molecule has 0 atom stereocenters. The minimum atomic E-state index is -4.67. The predicted molar refractivity (Wildman–Crippen MR) is 208 cm³/mol. The van der Waals surface area contributed by atoms with Crippen molar-refractivity contribution in [1.29, 1.82) is 0 Å². The third-order valence-electron chi connectivity index (χ3n) is 8.47. The molecular formula is C36H52N6O8S3. The van der Waals surface area contributed by atoms with Crippen LogP contribution < -0.4 is 31.9 Å². The van der Waals surface area contributed by atoms with E-state index < -0.39 is 39.9 Å². The Hall–Kier alpha value is -4.23. The topological polar surface area (TPSA) is 234 Å². The van der Waals surface area contributed by atoms with Crippen LogP contribution in [0.15, 0.2) is 105 Å². The Morgan fingerprint density at radius 2 is 0.811 bits per heavy atom. The van der Waals surface area contributed by atoms with Gasteiger partial charge in [-0.2, -0.15) is 0 Å². The third kappa shape index (κ3) is 13.6. The van der Waals surface area contributed by atoms with Crippen molar-refractivity contribution in [2.75, 3.05) is 61.4 Å². The molecule has 0 aliphatic heterocycles. The molecular weight excluding hydrogens is 741 g/mol. The molecule has 0 amide bonds. The highest BCUT2D eigenvalue weighted by Crippen LogP contribution is 2.32. The van der Waals surface area contributed by atoms with Crippen molar-refractivity contribution in [2.45, 2.75) is 61.1 Å². The number of anilines is 6. The summed E-state index contributed by atoms with van der Waals surface area (Å²) in [6.45, 7) is 21.0. The fraction of sp³-hybridized carbons (Fsp3) is 0.333. The number of rotatable bonds is 14. The van der Waals surface area contributed by atoms with E-state index in [-0.39, 0.29) is 43.9 Å². The predicted octanol–water partition coefficient (Wildman–Crippen LogP) is 2.84. The first-order chi connectivity index (χ1) is 24.8. The zero-order chi connectivity index (χ0) is 40.0. The lowest BCUT2D eigenvalue weighted by Crippen LogP contribution is -3.11. The van der Waals surface area contributed by atoms with Crippen LogP contribution in [0, 0.1) is 0 Å². The van der Waals surface area contributed by atoms with Crippen LogP contribution in [-0.4, -0.2) is 73.6 Å². The molecule has 14 nitrogen and oxygen atoms in total. The molecule has 8 N–H and O–H groups in total. The molecule has 0 saturated carbocycles. The monoisotopic (exact) mass is 792 g/mol. The number of nitrogens with two attached hydrogens (primary N) is 2. The molecule has 0 unspecified atom stereocenters. The Labute approximate surface area is 314 Å². The molecule has 0 aliphatic rings. The van der Waals surface area contributed by atoms with Gasteiger partial charge in [0.05, 0.1) is 81.6 Å². The molecule has 292 valence electrons. The molecule has 4 rings (SSSR count). The van der Waals surface area contributed by atoms with Gasteiger partial charge < -0.3 is 41.0 Å². The molecule has 0 saturated heterocycles. The lowest BCUT2D eigenvalue weighted by Gasteiger charge is -2.15. The van der Waals surface area contributed by atoms with Gasteiger partial charge in [0.15, 0.2) is 0 Å².